The van der Waals surface area contributed by atoms with Gasteiger partial charge in [-0.25, -0.2) is 9.36 Å². The third-order valence-corrected chi connectivity index (χ3v) is 7.81. The lowest BCUT2D eigenvalue weighted by molar-refractivity contribution is -0.697. The van der Waals surface area contributed by atoms with E-state index >= 15 is 0 Å². The summed E-state index contributed by atoms with van der Waals surface area (Å²) < 4.78 is 2.17. The second kappa shape index (κ2) is 9.26. The number of β-lactam (4-membered cyclic amide) rings is 1. The molecule has 3 N–H and O–H groups in total. The molecule has 3 aliphatic rings. The Morgan fingerprint density at radius 1 is 1.37 bits per heavy atom. The number of halogens is 1. The van der Waals surface area contributed by atoms with Gasteiger partial charge in [-0.1, -0.05) is 13.0 Å². The largest absolute Gasteiger partial charge is 1.00 e. The van der Waals surface area contributed by atoms with E-state index in [0.29, 0.717) is 6.04 Å². The van der Waals surface area contributed by atoms with Crippen LogP contribution in [0.4, 0.5) is 0 Å². The Bertz CT molecular complexity index is 835. The number of carboxylic acid groups (broad SMARTS) is 1. The number of pyridine rings is 1. The topological polar surface area (TPSA) is 93.8 Å². The number of carbonyl (C=O) groups is 2. The summed E-state index contributed by atoms with van der Waals surface area (Å²) in [5, 5.41) is 23.6. The van der Waals surface area contributed by atoms with Gasteiger partial charge in [0.25, 0.3) is 0 Å². The molecular weight excluding hydrogens is 426 g/mol. The number of aromatic nitrogens is 1. The summed E-state index contributed by atoms with van der Waals surface area (Å²) in [5.41, 5.74) is 0.123. The van der Waals surface area contributed by atoms with Crippen molar-refractivity contribution in [2.24, 2.45) is 11.8 Å². The highest BCUT2D eigenvalue weighted by Gasteiger charge is 2.60. The molecule has 1 amide bonds. The van der Waals surface area contributed by atoms with Crippen molar-refractivity contribution in [3.63, 3.8) is 0 Å². The number of rotatable bonds is 7. The van der Waals surface area contributed by atoms with Crippen molar-refractivity contribution >= 4 is 23.6 Å². The summed E-state index contributed by atoms with van der Waals surface area (Å²) in [4.78, 5) is 26.5. The first-order valence-electron chi connectivity index (χ1n) is 10.2. The number of carboxylic acids is 1. The van der Waals surface area contributed by atoms with Crippen LogP contribution in [-0.4, -0.2) is 57.0 Å². The Balaban J connectivity index is 0.00000256. The second-order valence-corrected chi connectivity index (χ2v) is 9.60. The fraction of sp³-hybridized carbons (Fsp3) is 0.571. The Hall–Kier alpha value is -1.61. The maximum absolute atomic E-state index is 12.4. The summed E-state index contributed by atoms with van der Waals surface area (Å²) >= 11 is 1.60. The van der Waals surface area contributed by atoms with Crippen LogP contribution < -0.4 is 22.3 Å². The summed E-state index contributed by atoms with van der Waals surface area (Å²) in [6.07, 6.45) is 5.35. The van der Waals surface area contributed by atoms with Crippen LogP contribution in [0.2, 0.25) is 0 Å². The molecule has 0 unspecified atom stereocenters. The zero-order chi connectivity index (χ0) is 20.7. The Morgan fingerprint density at radius 3 is 2.70 bits per heavy atom. The molecule has 0 spiro atoms. The van der Waals surface area contributed by atoms with Crippen LogP contribution >= 0.6 is 11.8 Å². The van der Waals surface area contributed by atoms with Gasteiger partial charge < -0.3 is 32.8 Å². The van der Waals surface area contributed by atoms with Gasteiger partial charge in [0, 0.05) is 47.2 Å². The van der Waals surface area contributed by atoms with Gasteiger partial charge in [-0.3, -0.25) is 4.79 Å². The van der Waals surface area contributed by atoms with Crippen molar-refractivity contribution in [1.29, 1.82) is 0 Å². The molecule has 1 aromatic heterocycles. The lowest BCUT2D eigenvalue weighted by Crippen LogP contribution is -3.00. The highest BCUT2D eigenvalue weighted by molar-refractivity contribution is 8.03. The average Bonchev–Trinajstić information content (AvgIpc) is 3.22. The summed E-state index contributed by atoms with van der Waals surface area (Å²) in [6.45, 7) is 5.35. The van der Waals surface area contributed by atoms with Gasteiger partial charge in [0.05, 0.1) is 18.1 Å². The number of amides is 1. The van der Waals surface area contributed by atoms with E-state index in [1.54, 1.807) is 18.7 Å². The quantitative estimate of drug-likeness (QED) is 0.326. The third-order valence-electron chi connectivity index (χ3n) is 6.30. The van der Waals surface area contributed by atoms with Gasteiger partial charge in [-0.2, -0.15) is 0 Å². The molecule has 1 aromatic rings. The van der Waals surface area contributed by atoms with Crippen LogP contribution in [0.15, 0.2) is 41.2 Å². The van der Waals surface area contributed by atoms with Crippen molar-refractivity contribution in [2.45, 2.75) is 56.7 Å². The number of nitrogens with one attached hydrogen (secondary N) is 1. The molecule has 164 valence electrons. The third kappa shape index (κ3) is 4.10. The molecule has 2 fully saturated rings. The molecule has 2 saturated heterocycles. The molecule has 3 aliphatic heterocycles. The average molecular weight is 454 g/mol. The molecule has 0 saturated carbocycles. The van der Waals surface area contributed by atoms with Crippen LogP contribution in [0.1, 0.15) is 26.7 Å². The maximum atomic E-state index is 12.4. The molecule has 30 heavy (non-hydrogen) atoms. The summed E-state index contributed by atoms with van der Waals surface area (Å²) in [7, 11) is 0. The van der Waals surface area contributed by atoms with E-state index in [1.807, 2.05) is 25.1 Å². The van der Waals surface area contributed by atoms with Crippen molar-refractivity contribution in [1.82, 2.24) is 10.2 Å². The van der Waals surface area contributed by atoms with Gasteiger partial charge in [0.1, 0.15) is 12.2 Å². The first-order chi connectivity index (χ1) is 13.9. The van der Waals surface area contributed by atoms with E-state index in [1.165, 1.54) is 4.90 Å². The molecule has 0 radical (unpaired) electrons. The standard InChI is InChI=1S/C21H27N3O4S.ClH/c1-12-17-16(13(2)25)20(26)24(17)18(21(27)28)19(12)29-15-10-14(22-11-15)6-9-23-7-4-3-5-8-23;/h3-5,7-8,12-17,22,25H,6,9-11H2,1-2H3;1H/t12-,13-,14-,15+,16-,17-;/m1./s1. The molecular formula is C21H28ClN3O4S. The fourth-order valence-corrected chi connectivity index (χ4v) is 6.36. The van der Waals surface area contributed by atoms with E-state index in [4.69, 9.17) is 0 Å². The predicted molar refractivity (Wildman–Crippen MR) is 109 cm³/mol. The van der Waals surface area contributed by atoms with E-state index < -0.39 is 18.0 Å². The number of carbonyl (C=O) groups excluding carboxylic acids is 1. The SMILES string of the molecule is C[C@@H](O)[C@H]1C(=O)N2C(C(=O)O)=C(S[C@@H]3CN[C@H](CC[n+]4ccccc4)C3)[C@H](C)[C@H]12.[Cl-]. The molecule has 9 heteroatoms. The predicted octanol–water partition coefficient (Wildman–Crippen LogP) is -2.01. The minimum Gasteiger partial charge on any atom is -1.00 e. The molecule has 4 heterocycles. The molecule has 0 aliphatic carbocycles. The van der Waals surface area contributed by atoms with E-state index in [0.717, 1.165) is 30.8 Å². The van der Waals surface area contributed by atoms with Crippen LogP contribution in [0.25, 0.3) is 0 Å². The number of fused-ring (bicyclic) bond motifs is 1. The zero-order valence-electron chi connectivity index (χ0n) is 17.1. The van der Waals surface area contributed by atoms with Crippen molar-refractivity contribution in [3.8, 4) is 0 Å². The van der Waals surface area contributed by atoms with Crippen LogP contribution in [0.5, 0.6) is 0 Å². The van der Waals surface area contributed by atoms with Gasteiger partial charge >= 0.3 is 5.97 Å². The van der Waals surface area contributed by atoms with Crippen molar-refractivity contribution < 1.29 is 36.8 Å². The monoisotopic (exact) mass is 453 g/mol. The van der Waals surface area contributed by atoms with Crippen LogP contribution in [-0.2, 0) is 16.1 Å². The Kier molecular flexibility index (Phi) is 7.12. The minimum atomic E-state index is -1.05. The lowest BCUT2D eigenvalue weighted by Gasteiger charge is -2.46. The molecule has 4 rings (SSSR count). The first kappa shape index (κ1) is 23.1. The number of aliphatic carboxylic acids is 1. The van der Waals surface area contributed by atoms with Crippen molar-refractivity contribution in [3.05, 3.63) is 41.2 Å². The first-order valence-corrected chi connectivity index (χ1v) is 11.1. The van der Waals surface area contributed by atoms with Crippen LogP contribution in [0, 0.1) is 11.8 Å². The molecule has 0 aromatic carbocycles. The number of hydrogen-bond donors (Lipinski definition) is 3. The number of aliphatic hydroxyl groups is 1. The summed E-state index contributed by atoms with van der Waals surface area (Å²) in [5.74, 6) is -1.90. The normalized spacial score (nSPS) is 31.2. The van der Waals surface area contributed by atoms with E-state index in [9.17, 15) is 19.8 Å². The minimum absolute atomic E-state index is 0. The lowest BCUT2D eigenvalue weighted by atomic mass is 9.79. The van der Waals surface area contributed by atoms with E-state index in [-0.39, 0.29) is 41.2 Å². The van der Waals surface area contributed by atoms with E-state index in [2.05, 4.69) is 22.3 Å². The number of thioether (sulfide) groups is 1. The highest BCUT2D eigenvalue weighted by atomic mass is 35.5. The number of aryl methyl sites for hydroxylation is 1. The number of hydrogen-bond acceptors (Lipinski definition) is 5. The Morgan fingerprint density at radius 2 is 2.07 bits per heavy atom. The van der Waals surface area contributed by atoms with Gasteiger partial charge in [-0.15, -0.1) is 11.8 Å². The number of aliphatic hydroxyl groups excluding tert-OH is 1. The van der Waals surface area contributed by atoms with Crippen molar-refractivity contribution in [2.75, 3.05) is 6.54 Å². The molecule has 0 bridgehead atoms. The fourth-order valence-electron chi connectivity index (χ4n) is 4.84. The summed E-state index contributed by atoms with van der Waals surface area (Å²) in [6, 6.07) is 6.20. The smallest absolute Gasteiger partial charge is 0.353 e. The maximum Gasteiger partial charge on any atom is 0.353 e. The zero-order valence-corrected chi connectivity index (χ0v) is 18.6. The second-order valence-electron chi connectivity index (χ2n) is 8.25. The Labute approximate surface area is 186 Å². The molecule has 6 atom stereocenters. The van der Waals surface area contributed by atoms with Gasteiger partial charge in [0.2, 0.25) is 5.91 Å². The molecule has 7 nitrogen and oxygen atoms in total. The van der Waals surface area contributed by atoms with Gasteiger partial charge in [-0.05, 0) is 13.3 Å². The highest BCUT2D eigenvalue weighted by Crippen LogP contribution is 2.51. The van der Waals surface area contributed by atoms with Crippen LogP contribution in [0.3, 0.4) is 0 Å². The van der Waals surface area contributed by atoms with Gasteiger partial charge in [0.15, 0.2) is 12.4 Å². The number of nitrogens with zero attached hydrogens (tertiary/aromatic N) is 2.